The van der Waals surface area contributed by atoms with Crippen molar-refractivity contribution in [1.29, 1.82) is 10.5 Å². The van der Waals surface area contributed by atoms with E-state index in [1.807, 2.05) is 19.1 Å². The third kappa shape index (κ3) is 3.16. The maximum absolute atomic E-state index is 8.47. The van der Waals surface area contributed by atoms with Crippen LogP contribution in [0.3, 0.4) is 0 Å². The number of aryl methyl sites for hydroxylation is 1. The van der Waals surface area contributed by atoms with Crippen LogP contribution in [0.5, 0.6) is 0 Å². The molecule has 0 saturated carbocycles. The Morgan fingerprint density at radius 3 is 2.53 bits per heavy atom. The zero-order valence-corrected chi connectivity index (χ0v) is 9.56. The summed E-state index contributed by atoms with van der Waals surface area (Å²) >= 11 is 3.36. The minimum atomic E-state index is -1.03. The van der Waals surface area contributed by atoms with Crippen LogP contribution < -0.4 is 0 Å². The van der Waals surface area contributed by atoms with Gasteiger partial charge < -0.3 is 0 Å². The van der Waals surface area contributed by atoms with Crippen molar-refractivity contribution >= 4 is 21.6 Å². The first-order valence-corrected chi connectivity index (χ1v) is 4.93. The van der Waals surface area contributed by atoms with Gasteiger partial charge in [0.1, 0.15) is 12.1 Å². The van der Waals surface area contributed by atoms with E-state index < -0.39 is 6.04 Å². The molecule has 0 aliphatic heterocycles. The largest absolute Gasteiger partial charge is 0.242 e. The smallest absolute Gasteiger partial charge is 0.195 e. The molecule has 5 heteroatoms. The lowest BCUT2D eigenvalue weighted by molar-refractivity contribution is 0.949. The molecule has 0 unspecified atom stereocenters. The summed E-state index contributed by atoms with van der Waals surface area (Å²) in [6, 6.07) is 7.82. The molecule has 0 spiro atoms. The van der Waals surface area contributed by atoms with E-state index in [4.69, 9.17) is 10.5 Å². The van der Waals surface area contributed by atoms with Crippen LogP contribution in [0.1, 0.15) is 5.56 Å². The fourth-order valence-corrected chi connectivity index (χ4v) is 1.14. The van der Waals surface area contributed by atoms with Crippen LogP contribution in [0.2, 0.25) is 0 Å². The zero-order valence-electron chi connectivity index (χ0n) is 7.98. The normalized spacial score (nSPS) is 10.2. The van der Waals surface area contributed by atoms with Crippen molar-refractivity contribution in [2.45, 2.75) is 13.0 Å². The first kappa shape index (κ1) is 11.4. The van der Waals surface area contributed by atoms with Crippen molar-refractivity contribution in [3.63, 3.8) is 0 Å². The molecular formula is C10H7BrN4. The van der Waals surface area contributed by atoms with E-state index >= 15 is 0 Å². The maximum atomic E-state index is 8.47. The van der Waals surface area contributed by atoms with Gasteiger partial charge in [-0.15, -0.1) is 0 Å². The molecule has 0 atom stereocenters. The van der Waals surface area contributed by atoms with Crippen LogP contribution in [-0.2, 0) is 0 Å². The molecule has 1 rings (SSSR count). The van der Waals surface area contributed by atoms with E-state index in [2.05, 4.69) is 26.2 Å². The Morgan fingerprint density at radius 2 is 2.00 bits per heavy atom. The lowest BCUT2D eigenvalue weighted by Gasteiger charge is -1.98. The molecule has 0 saturated heterocycles. The third-order valence-electron chi connectivity index (χ3n) is 1.67. The summed E-state index contributed by atoms with van der Waals surface area (Å²) < 4.78 is 0.985. The van der Waals surface area contributed by atoms with Crippen molar-refractivity contribution in [3.05, 3.63) is 28.2 Å². The predicted octanol–water partition coefficient (Wildman–Crippen LogP) is 3.26. The number of benzene rings is 1. The van der Waals surface area contributed by atoms with Gasteiger partial charge >= 0.3 is 0 Å². The van der Waals surface area contributed by atoms with Crippen LogP contribution in [0.4, 0.5) is 5.69 Å². The number of nitriles is 2. The van der Waals surface area contributed by atoms with Gasteiger partial charge in [0.2, 0.25) is 6.04 Å². The molecule has 15 heavy (non-hydrogen) atoms. The van der Waals surface area contributed by atoms with E-state index in [-0.39, 0.29) is 0 Å². The second-order valence-corrected chi connectivity index (χ2v) is 3.66. The molecule has 0 aliphatic rings. The van der Waals surface area contributed by atoms with Gasteiger partial charge in [-0.1, -0.05) is 15.9 Å². The van der Waals surface area contributed by atoms with Crippen molar-refractivity contribution in [3.8, 4) is 12.1 Å². The Bertz CT molecular complexity index is 453. The summed E-state index contributed by atoms with van der Waals surface area (Å²) in [7, 11) is 0. The highest BCUT2D eigenvalue weighted by molar-refractivity contribution is 9.10. The van der Waals surface area contributed by atoms with Gasteiger partial charge in [-0.3, -0.25) is 0 Å². The Labute approximate surface area is 96.0 Å². The summed E-state index contributed by atoms with van der Waals surface area (Å²) in [5.74, 6) is 0. The van der Waals surface area contributed by atoms with Gasteiger partial charge in [0.05, 0.1) is 5.69 Å². The molecule has 0 amide bonds. The van der Waals surface area contributed by atoms with Gasteiger partial charge in [-0.25, -0.2) is 0 Å². The standard InChI is InChI=1S/C10H7BrN4/c1-7-4-8(2-3-10(7)11)14-15-9(5-12)6-13/h2-4,9H,1H3. The van der Waals surface area contributed by atoms with Crippen LogP contribution in [0.15, 0.2) is 32.9 Å². The molecule has 74 valence electrons. The second kappa shape index (κ2) is 5.23. The van der Waals surface area contributed by atoms with E-state index in [0.717, 1.165) is 10.0 Å². The predicted molar refractivity (Wildman–Crippen MR) is 58.4 cm³/mol. The number of nitrogens with zero attached hydrogens (tertiary/aromatic N) is 4. The average molecular weight is 263 g/mol. The molecule has 1 aromatic carbocycles. The molecule has 0 heterocycles. The van der Waals surface area contributed by atoms with Gasteiger partial charge in [0.25, 0.3) is 0 Å². The first-order chi connectivity index (χ1) is 7.17. The molecule has 0 aliphatic carbocycles. The number of azo groups is 1. The highest BCUT2D eigenvalue weighted by Gasteiger charge is 2.01. The molecule has 4 nitrogen and oxygen atoms in total. The fraction of sp³-hybridized carbons (Fsp3) is 0.200. The number of hydrogen-bond acceptors (Lipinski definition) is 4. The summed E-state index contributed by atoms with van der Waals surface area (Å²) in [6.07, 6.45) is 0. The number of hydrogen-bond donors (Lipinski definition) is 0. The van der Waals surface area contributed by atoms with Crippen LogP contribution in [-0.4, -0.2) is 6.04 Å². The van der Waals surface area contributed by atoms with Gasteiger partial charge in [0, 0.05) is 4.47 Å². The molecule has 0 N–H and O–H groups in total. The summed E-state index contributed by atoms with van der Waals surface area (Å²) in [6.45, 7) is 1.93. The Kier molecular flexibility index (Phi) is 3.96. The number of rotatable bonds is 2. The van der Waals surface area contributed by atoms with Crippen molar-refractivity contribution in [2.75, 3.05) is 0 Å². The topological polar surface area (TPSA) is 72.3 Å². The zero-order chi connectivity index (χ0) is 11.3. The van der Waals surface area contributed by atoms with Crippen molar-refractivity contribution in [1.82, 2.24) is 0 Å². The van der Waals surface area contributed by atoms with Gasteiger partial charge in [-0.2, -0.15) is 20.8 Å². The molecule has 0 radical (unpaired) electrons. The molecular weight excluding hydrogens is 256 g/mol. The lowest BCUT2D eigenvalue weighted by atomic mass is 10.2. The van der Waals surface area contributed by atoms with E-state index in [0.29, 0.717) is 5.69 Å². The highest BCUT2D eigenvalue weighted by atomic mass is 79.9. The van der Waals surface area contributed by atoms with Crippen molar-refractivity contribution in [2.24, 2.45) is 10.2 Å². The maximum Gasteiger partial charge on any atom is 0.242 e. The van der Waals surface area contributed by atoms with E-state index in [9.17, 15) is 0 Å². The summed E-state index contributed by atoms with van der Waals surface area (Å²) in [4.78, 5) is 0. The summed E-state index contributed by atoms with van der Waals surface area (Å²) in [5.41, 5.74) is 1.66. The summed E-state index contributed by atoms with van der Waals surface area (Å²) in [5, 5.41) is 24.3. The SMILES string of the molecule is Cc1cc(N=NC(C#N)C#N)ccc1Br. The Morgan fingerprint density at radius 1 is 1.33 bits per heavy atom. The molecule has 0 bridgehead atoms. The Hall–Kier alpha value is -1.72. The monoisotopic (exact) mass is 262 g/mol. The van der Waals surface area contributed by atoms with Gasteiger partial charge in [-0.05, 0) is 30.7 Å². The van der Waals surface area contributed by atoms with E-state index in [1.165, 1.54) is 0 Å². The molecule has 0 aromatic heterocycles. The van der Waals surface area contributed by atoms with Crippen molar-refractivity contribution < 1.29 is 0 Å². The Balaban J connectivity index is 2.87. The van der Waals surface area contributed by atoms with Crippen LogP contribution >= 0.6 is 15.9 Å². The fourth-order valence-electron chi connectivity index (χ4n) is 0.896. The lowest BCUT2D eigenvalue weighted by Crippen LogP contribution is -1.92. The molecule has 1 aromatic rings. The second-order valence-electron chi connectivity index (χ2n) is 2.81. The van der Waals surface area contributed by atoms with Crippen LogP contribution in [0.25, 0.3) is 0 Å². The third-order valence-corrected chi connectivity index (χ3v) is 2.56. The first-order valence-electron chi connectivity index (χ1n) is 4.13. The number of halogens is 1. The quantitative estimate of drug-likeness (QED) is 0.768. The molecule has 0 fully saturated rings. The average Bonchev–Trinajstić information content (AvgIpc) is 2.24. The highest BCUT2D eigenvalue weighted by Crippen LogP contribution is 2.22. The van der Waals surface area contributed by atoms with E-state index in [1.54, 1.807) is 18.2 Å². The van der Waals surface area contributed by atoms with Gasteiger partial charge in [0.15, 0.2) is 0 Å². The minimum Gasteiger partial charge on any atom is -0.195 e. The minimum absolute atomic E-state index is 0.631. The van der Waals surface area contributed by atoms with Crippen LogP contribution in [0, 0.1) is 29.6 Å².